The van der Waals surface area contributed by atoms with Crippen molar-refractivity contribution in [2.45, 2.75) is 60.8 Å². The summed E-state index contributed by atoms with van der Waals surface area (Å²) in [6.07, 6.45) is 15.3. The molecule has 0 saturated carbocycles. The number of ether oxygens (including phenoxy) is 1. The van der Waals surface area contributed by atoms with E-state index >= 15 is 0 Å². The van der Waals surface area contributed by atoms with Gasteiger partial charge >= 0.3 is 11.6 Å². The molecule has 1 aromatic carbocycles. The molecule has 0 fully saturated rings. The first-order valence-electron chi connectivity index (χ1n) is 11.7. The second-order valence-electron chi connectivity index (χ2n) is 9.73. The molecule has 0 N–H and O–H groups in total. The van der Waals surface area contributed by atoms with E-state index in [-0.39, 0.29) is 11.2 Å². The number of allylic oxidation sites excluding steroid dienone is 9. The Hall–Kier alpha value is -3.40. The Balaban J connectivity index is 1.68. The van der Waals surface area contributed by atoms with E-state index in [0.717, 1.165) is 16.7 Å². The van der Waals surface area contributed by atoms with Crippen molar-refractivity contribution in [1.82, 2.24) is 0 Å². The zero-order valence-electron chi connectivity index (χ0n) is 21.0. The maximum atomic E-state index is 12.4. The molecule has 34 heavy (non-hydrogen) atoms. The zero-order chi connectivity index (χ0) is 24.9. The molecule has 1 aliphatic carbocycles. The summed E-state index contributed by atoms with van der Waals surface area (Å²) in [5, 5.41) is 0.589. The van der Waals surface area contributed by atoms with Crippen molar-refractivity contribution < 1.29 is 13.9 Å². The highest BCUT2D eigenvalue weighted by molar-refractivity contribution is 5.91. The molecule has 0 bridgehead atoms. The number of hydrogen-bond acceptors (Lipinski definition) is 4. The third-order valence-corrected chi connectivity index (χ3v) is 6.26. The van der Waals surface area contributed by atoms with Crippen LogP contribution in [0.15, 0.2) is 92.2 Å². The van der Waals surface area contributed by atoms with Crippen LogP contribution in [0.5, 0.6) is 5.75 Å². The van der Waals surface area contributed by atoms with Crippen LogP contribution in [0.1, 0.15) is 59.4 Å². The number of carbonyl (C=O) groups is 1. The Morgan fingerprint density at radius 2 is 1.88 bits per heavy atom. The average molecular weight is 459 g/mol. The third kappa shape index (κ3) is 6.34. The molecule has 2 aromatic rings. The molecule has 0 radical (unpaired) electrons. The van der Waals surface area contributed by atoms with Crippen LogP contribution >= 0.6 is 0 Å². The molecule has 0 atom stereocenters. The highest BCUT2D eigenvalue weighted by Crippen LogP contribution is 2.40. The Labute approximate surface area is 202 Å². The minimum atomic E-state index is -0.554. The van der Waals surface area contributed by atoms with Gasteiger partial charge < -0.3 is 9.15 Å². The van der Waals surface area contributed by atoms with Crippen LogP contribution in [0.4, 0.5) is 0 Å². The van der Waals surface area contributed by atoms with Gasteiger partial charge in [0.25, 0.3) is 0 Å². The van der Waals surface area contributed by atoms with Gasteiger partial charge in [0, 0.05) is 6.08 Å². The normalized spacial score (nSPS) is 17.2. The van der Waals surface area contributed by atoms with E-state index in [1.807, 2.05) is 44.2 Å². The molecular formula is C30H34O4. The molecule has 0 saturated heterocycles. The van der Waals surface area contributed by atoms with Crippen molar-refractivity contribution in [3.05, 3.63) is 99.0 Å². The molecule has 4 heteroatoms. The number of para-hydroxylation sites is 1. The van der Waals surface area contributed by atoms with Crippen molar-refractivity contribution in [1.29, 1.82) is 0 Å². The first-order chi connectivity index (χ1) is 16.1. The highest BCUT2D eigenvalue weighted by atomic mass is 16.5. The minimum Gasteiger partial charge on any atom is -0.422 e. The van der Waals surface area contributed by atoms with Crippen LogP contribution in [0.3, 0.4) is 0 Å². The van der Waals surface area contributed by atoms with Crippen LogP contribution in [0, 0.1) is 12.3 Å². The maximum absolute atomic E-state index is 12.4. The van der Waals surface area contributed by atoms with Crippen LogP contribution in [0.25, 0.3) is 11.0 Å². The molecule has 1 aromatic heterocycles. The molecule has 0 spiro atoms. The number of rotatable bonds is 6. The zero-order valence-corrected chi connectivity index (χ0v) is 21.0. The summed E-state index contributed by atoms with van der Waals surface area (Å²) >= 11 is 0. The molecule has 178 valence electrons. The van der Waals surface area contributed by atoms with Gasteiger partial charge in [0.15, 0.2) is 0 Å². The Kier molecular flexibility index (Phi) is 7.93. The highest BCUT2D eigenvalue weighted by Gasteiger charge is 2.26. The quantitative estimate of drug-likeness (QED) is 0.194. The minimum absolute atomic E-state index is 0.198. The lowest BCUT2D eigenvalue weighted by molar-refractivity contribution is -0.128. The second-order valence-corrected chi connectivity index (χ2v) is 9.73. The average Bonchev–Trinajstić information content (AvgIpc) is 2.73. The Morgan fingerprint density at radius 3 is 2.62 bits per heavy atom. The molecule has 1 aliphatic rings. The van der Waals surface area contributed by atoms with Gasteiger partial charge in [-0.25, -0.2) is 9.59 Å². The van der Waals surface area contributed by atoms with Crippen molar-refractivity contribution in [3.63, 3.8) is 0 Å². The van der Waals surface area contributed by atoms with E-state index in [1.165, 1.54) is 42.6 Å². The third-order valence-electron chi connectivity index (χ3n) is 6.26. The monoisotopic (exact) mass is 458 g/mol. The topological polar surface area (TPSA) is 56.5 Å². The molecule has 0 unspecified atom stereocenters. The lowest BCUT2D eigenvalue weighted by Crippen LogP contribution is -2.19. The molecule has 0 aliphatic heterocycles. The van der Waals surface area contributed by atoms with Gasteiger partial charge in [-0.1, -0.05) is 67.5 Å². The van der Waals surface area contributed by atoms with Gasteiger partial charge in [0.1, 0.15) is 11.3 Å². The largest absolute Gasteiger partial charge is 0.422 e. The molecule has 3 rings (SSSR count). The van der Waals surface area contributed by atoms with E-state index in [9.17, 15) is 9.59 Å². The fourth-order valence-corrected chi connectivity index (χ4v) is 4.39. The van der Waals surface area contributed by atoms with Gasteiger partial charge in [-0.15, -0.1) is 0 Å². The fourth-order valence-electron chi connectivity index (χ4n) is 4.39. The Bertz CT molecular complexity index is 1290. The standard InChI is InChI=1S/C30H34O4/c1-20(15-16-25-22(3)13-9-17-30(25,5)6)10-7-11-21(2)18-27(31)33-26-19-28(32)34-29-23(4)12-8-14-24(26)29/h7-8,10-12,14-16,18-19H,9,13,17H2,1-6H3. The van der Waals surface area contributed by atoms with Gasteiger partial charge in [-0.3, -0.25) is 0 Å². The Morgan fingerprint density at radius 1 is 1.12 bits per heavy atom. The van der Waals surface area contributed by atoms with Crippen molar-refractivity contribution in [2.75, 3.05) is 0 Å². The lowest BCUT2D eigenvalue weighted by Gasteiger charge is -2.32. The van der Waals surface area contributed by atoms with E-state index in [0.29, 0.717) is 11.0 Å². The molecular weight excluding hydrogens is 424 g/mol. The summed E-state index contributed by atoms with van der Waals surface area (Å²) in [6, 6.07) is 6.62. The summed E-state index contributed by atoms with van der Waals surface area (Å²) in [6.45, 7) is 12.6. The number of fused-ring (bicyclic) bond motifs is 1. The van der Waals surface area contributed by atoms with Crippen LogP contribution in [-0.4, -0.2) is 5.97 Å². The van der Waals surface area contributed by atoms with Crippen LogP contribution in [0.2, 0.25) is 0 Å². The van der Waals surface area contributed by atoms with Crippen molar-refractivity contribution in [3.8, 4) is 5.75 Å². The van der Waals surface area contributed by atoms with E-state index < -0.39 is 11.6 Å². The summed E-state index contributed by atoms with van der Waals surface area (Å²) in [5.41, 5.74) is 5.69. The first-order valence-corrected chi connectivity index (χ1v) is 11.7. The molecule has 1 heterocycles. The fraction of sp³-hybridized carbons (Fsp3) is 0.333. The van der Waals surface area contributed by atoms with Gasteiger partial charge in [0.2, 0.25) is 0 Å². The number of carbonyl (C=O) groups excluding carboxylic acids is 1. The number of benzene rings is 1. The predicted molar refractivity (Wildman–Crippen MR) is 139 cm³/mol. The summed E-state index contributed by atoms with van der Waals surface area (Å²) < 4.78 is 10.7. The first kappa shape index (κ1) is 25.2. The SMILES string of the molecule is CC(C=CC1=C(C)CCCC1(C)C)=CC=CC(C)=CC(=O)Oc1cc(=O)oc2c(C)cccc12. The van der Waals surface area contributed by atoms with E-state index in [1.54, 1.807) is 6.07 Å². The number of hydrogen-bond donors (Lipinski definition) is 0. The lowest BCUT2D eigenvalue weighted by atomic mass is 9.72. The molecule has 0 amide bonds. The maximum Gasteiger partial charge on any atom is 0.339 e. The van der Waals surface area contributed by atoms with Gasteiger partial charge in [-0.2, -0.15) is 0 Å². The number of aryl methyl sites for hydroxylation is 1. The van der Waals surface area contributed by atoms with E-state index in [2.05, 4.69) is 39.8 Å². The van der Waals surface area contributed by atoms with E-state index in [4.69, 9.17) is 9.15 Å². The summed E-state index contributed by atoms with van der Waals surface area (Å²) in [5.74, 6) is -0.345. The van der Waals surface area contributed by atoms with Crippen LogP contribution < -0.4 is 10.4 Å². The number of esters is 1. The van der Waals surface area contributed by atoms with Crippen molar-refractivity contribution in [2.24, 2.45) is 5.41 Å². The summed E-state index contributed by atoms with van der Waals surface area (Å²) in [4.78, 5) is 24.3. The van der Waals surface area contributed by atoms with Gasteiger partial charge in [-0.05, 0) is 75.1 Å². The molecule has 4 nitrogen and oxygen atoms in total. The summed E-state index contributed by atoms with van der Waals surface area (Å²) in [7, 11) is 0. The predicted octanol–water partition coefficient (Wildman–Crippen LogP) is 7.54. The van der Waals surface area contributed by atoms with Crippen molar-refractivity contribution >= 4 is 16.9 Å². The van der Waals surface area contributed by atoms with Gasteiger partial charge in [0.05, 0.1) is 11.5 Å². The smallest absolute Gasteiger partial charge is 0.339 e. The second kappa shape index (κ2) is 10.7. The van der Waals surface area contributed by atoms with Crippen LogP contribution in [-0.2, 0) is 4.79 Å².